The molecule has 0 radical (unpaired) electrons. The number of hydrogen-bond acceptors (Lipinski definition) is 4. The summed E-state index contributed by atoms with van der Waals surface area (Å²) < 4.78 is 4.92. The topological polar surface area (TPSA) is 73.9 Å². The van der Waals surface area contributed by atoms with Crippen molar-refractivity contribution < 1.29 is 19.4 Å². The predicted octanol–water partition coefficient (Wildman–Crippen LogP) is 1.96. The SMILES string of the molecule is CN(Cc1ccoc1)C(=O)c1cccc(O)c1O. The van der Waals surface area contributed by atoms with Gasteiger partial charge in [0.25, 0.3) is 5.91 Å². The van der Waals surface area contributed by atoms with Gasteiger partial charge in [0.2, 0.25) is 0 Å². The smallest absolute Gasteiger partial charge is 0.257 e. The molecule has 0 aliphatic rings. The lowest BCUT2D eigenvalue weighted by Gasteiger charge is -2.17. The average Bonchev–Trinajstić information content (AvgIpc) is 2.84. The summed E-state index contributed by atoms with van der Waals surface area (Å²) >= 11 is 0. The zero-order valence-corrected chi connectivity index (χ0v) is 9.83. The standard InChI is InChI=1S/C13H13NO4/c1-14(7-9-5-6-18-8-9)13(17)10-3-2-4-11(15)12(10)16/h2-6,8,15-16H,7H2,1H3. The van der Waals surface area contributed by atoms with Crippen molar-refractivity contribution in [2.24, 2.45) is 0 Å². The summed E-state index contributed by atoms with van der Waals surface area (Å²) in [6.45, 7) is 0.366. The maximum Gasteiger partial charge on any atom is 0.257 e. The first-order chi connectivity index (χ1) is 8.59. The Morgan fingerprint density at radius 3 is 2.78 bits per heavy atom. The monoisotopic (exact) mass is 247 g/mol. The summed E-state index contributed by atoms with van der Waals surface area (Å²) in [6, 6.07) is 6.05. The number of aromatic hydroxyl groups is 2. The molecule has 0 spiro atoms. The molecular formula is C13H13NO4. The van der Waals surface area contributed by atoms with Gasteiger partial charge in [-0.05, 0) is 18.2 Å². The molecule has 5 heteroatoms. The van der Waals surface area contributed by atoms with E-state index in [1.165, 1.54) is 29.4 Å². The highest BCUT2D eigenvalue weighted by Crippen LogP contribution is 2.29. The molecule has 0 aliphatic carbocycles. The van der Waals surface area contributed by atoms with Crippen LogP contribution in [0.1, 0.15) is 15.9 Å². The number of hydrogen-bond donors (Lipinski definition) is 2. The molecule has 0 atom stereocenters. The predicted molar refractivity (Wildman–Crippen MR) is 64.3 cm³/mol. The zero-order chi connectivity index (χ0) is 13.1. The number of phenolic OH excluding ortho intramolecular Hbond substituents is 2. The van der Waals surface area contributed by atoms with E-state index in [0.717, 1.165) is 5.56 Å². The van der Waals surface area contributed by atoms with Crippen LogP contribution in [0.25, 0.3) is 0 Å². The second kappa shape index (κ2) is 4.83. The third-order valence-corrected chi connectivity index (χ3v) is 2.59. The Hall–Kier alpha value is -2.43. The molecule has 0 unspecified atom stereocenters. The third kappa shape index (κ3) is 2.29. The van der Waals surface area contributed by atoms with Gasteiger partial charge in [-0.2, -0.15) is 0 Å². The van der Waals surface area contributed by atoms with Crippen LogP contribution in [0.5, 0.6) is 11.5 Å². The highest BCUT2D eigenvalue weighted by molar-refractivity contribution is 5.97. The number of furan rings is 1. The molecule has 2 aromatic rings. The van der Waals surface area contributed by atoms with Crippen LogP contribution in [0.2, 0.25) is 0 Å². The maximum absolute atomic E-state index is 12.1. The highest BCUT2D eigenvalue weighted by Gasteiger charge is 2.18. The normalized spacial score (nSPS) is 10.3. The fourth-order valence-electron chi connectivity index (χ4n) is 1.64. The fourth-order valence-corrected chi connectivity index (χ4v) is 1.64. The molecular weight excluding hydrogens is 234 g/mol. The van der Waals surface area contributed by atoms with E-state index in [4.69, 9.17) is 4.42 Å². The zero-order valence-electron chi connectivity index (χ0n) is 9.83. The summed E-state index contributed by atoms with van der Waals surface area (Å²) in [5.74, 6) is -1.08. The Kier molecular flexibility index (Phi) is 3.23. The molecule has 18 heavy (non-hydrogen) atoms. The van der Waals surface area contributed by atoms with E-state index in [2.05, 4.69) is 0 Å². The summed E-state index contributed by atoms with van der Waals surface area (Å²) in [7, 11) is 1.61. The molecule has 94 valence electrons. The van der Waals surface area contributed by atoms with Gasteiger partial charge in [-0.25, -0.2) is 0 Å². The van der Waals surface area contributed by atoms with Crippen molar-refractivity contribution in [3.05, 3.63) is 47.9 Å². The minimum Gasteiger partial charge on any atom is -0.504 e. The number of rotatable bonds is 3. The number of phenols is 2. The van der Waals surface area contributed by atoms with Gasteiger partial charge in [0.05, 0.1) is 18.1 Å². The van der Waals surface area contributed by atoms with E-state index in [1.807, 2.05) is 0 Å². The van der Waals surface area contributed by atoms with Gasteiger partial charge in [0.15, 0.2) is 11.5 Å². The molecule has 0 saturated heterocycles. The van der Waals surface area contributed by atoms with Crippen molar-refractivity contribution in [2.75, 3.05) is 7.05 Å². The number of benzene rings is 1. The van der Waals surface area contributed by atoms with Gasteiger partial charge in [0, 0.05) is 19.2 Å². The van der Waals surface area contributed by atoms with E-state index in [9.17, 15) is 15.0 Å². The first kappa shape index (κ1) is 12.0. The van der Waals surface area contributed by atoms with Gasteiger partial charge in [0.1, 0.15) is 0 Å². The lowest BCUT2D eigenvalue weighted by molar-refractivity contribution is 0.0781. The van der Waals surface area contributed by atoms with Crippen molar-refractivity contribution in [1.29, 1.82) is 0 Å². The largest absolute Gasteiger partial charge is 0.504 e. The molecule has 2 rings (SSSR count). The van der Waals surface area contributed by atoms with Crippen LogP contribution in [0.15, 0.2) is 41.2 Å². The van der Waals surface area contributed by atoms with Crippen molar-refractivity contribution in [3.8, 4) is 11.5 Å². The first-order valence-corrected chi connectivity index (χ1v) is 5.37. The average molecular weight is 247 g/mol. The molecule has 1 aromatic heterocycles. The number of amides is 1. The van der Waals surface area contributed by atoms with Gasteiger partial charge < -0.3 is 19.5 Å². The number of carbonyl (C=O) groups excluding carboxylic acids is 1. The van der Waals surface area contributed by atoms with Crippen LogP contribution < -0.4 is 0 Å². The molecule has 0 aliphatic heterocycles. The summed E-state index contributed by atoms with van der Waals surface area (Å²) in [4.78, 5) is 13.5. The maximum atomic E-state index is 12.1. The molecule has 1 aromatic carbocycles. The second-order valence-electron chi connectivity index (χ2n) is 3.97. The molecule has 2 N–H and O–H groups in total. The van der Waals surface area contributed by atoms with Crippen molar-refractivity contribution in [2.45, 2.75) is 6.54 Å². The Labute approximate surface area is 104 Å². The fraction of sp³-hybridized carbons (Fsp3) is 0.154. The second-order valence-corrected chi connectivity index (χ2v) is 3.97. The molecule has 1 amide bonds. The summed E-state index contributed by atoms with van der Waals surface area (Å²) in [6.07, 6.45) is 3.07. The minimum absolute atomic E-state index is 0.0704. The molecule has 0 saturated carbocycles. The van der Waals surface area contributed by atoms with Crippen LogP contribution in [-0.2, 0) is 6.54 Å². The summed E-state index contributed by atoms with van der Waals surface area (Å²) in [5.41, 5.74) is 0.923. The quantitative estimate of drug-likeness (QED) is 0.813. The van der Waals surface area contributed by atoms with Crippen molar-refractivity contribution in [3.63, 3.8) is 0 Å². The lowest BCUT2D eigenvalue weighted by Crippen LogP contribution is -2.26. The Morgan fingerprint density at radius 1 is 1.33 bits per heavy atom. The Bertz CT molecular complexity index is 548. The van der Waals surface area contributed by atoms with Crippen LogP contribution in [0.3, 0.4) is 0 Å². The highest BCUT2D eigenvalue weighted by atomic mass is 16.3. The summed E-state index contributed by atoms with van der Waals surface area (Å²) in [5, 5.41) is 19.0. The van der Waals surface area contributed by atoms with E-state index in [0.29, 0.717) is 6.54 Å². The van der Waals surface area contributed by atoms with Crippen molar-refractivity contribution >= 4 is 5.91 Å². The minimum atomic E-state index is -0.401. The lowest BCUT2D eigenvalue weighted by atomic mass is 10.1. The van der Waals surface area contributed by atoms with E-state index in [1.54, 1.807) is 19.4 Å². The van der Waals surface area contributed by atoms with Crippen LogP contribution in [0.4, 0.5) is 0 Å². The molecule has 0 bridgehead atoms. The van der Waals surface area contributed by atoms with Crippen molar-refractivity contribution in [1.82, 2.24) is 4.90 Å². The first-order valence-electron chi connectivity index (χ1n) is 5.37. The number of para-hydroxylation sites is 1. The van der Waals surface area contributed by atoms with Gasteiger partial charge in [-0.3, -0.25) is 4.79 Å². The van der Waals surface area contributed by atoms with Gasteiger partial charge >= 0.3 is 0 Å². The third-order valence-electron chi connectivity index (χ3n) is 2.59. The number of carbonyl (C=O) groups is 1. The van der Waals surface area contributed by atoms with E-state index in [-0.39, 0.29) is 17.2 Å². The van der Waals surface area contributed by atoms with Crippen LogP contribution in [-0.4, -0.2) is 28.1 Å². The van der Waals surface area contributed by atoms with Crippen LogP contribution >= 0.6 is 0 Å². The number of nitrogens with zero attached hydrogens (tertiary/aromatic N) is 1. The van der Waals surface area contributed by atoms with E-state index < -0.39 is 5.75 Å². The van der Waals surface area contributed by atoms with Crippen LogP contribution in [0, 0.1) is 0 Å². The molecule has 1 heterocycles. The Balaban J connectivity index is 2.18. The van der Waals surface area contributed by atoms with Gasteiger partial charge in [-0.15, -0.1) is 0 Å². The van der Waals surface area contributed by atoms with E-state index >= 15 is 0 Å². The molecule has 0 fully saturated rings. The Morgan fingerprint density at radius 2 is 2.11 bits per heavy atom. The van der Waals surface area contributed by atoms with Gasteiger partial charge in [-0.1, -0.05) is 6.07 Å². The molecule has 5 nitrogen and oxygen atoms in total.